The van der Waals surface area contributed by atoms with E-state index in [0.717, 1.165) is 5.56 Å². The molecular weight excluding hydrogens is 362 g/mol. The van der Waals surface area contributed by atoms with Gasteiger partial charge >= 0.3 is 0 Å². The number of aromatic nitrogens is 1. The number of rotatable bonds is 8. The quantitative estimate of drug-likeness (QED) is 0.714. The summed E-state index contributed by atoms with van der Waals surface area (Å²) in [6, 6.07) is 10.9. The van der Waals surface area contributed by atoms with Gasteiger partial charge in [0.05, 0.1) is 6.54 Å². The van der Waals surface area contributed by atoms with Crippen molar-refractivity contribution in [2.24, 2.45) is 5.92 Å². The van der Waals surface area contributed by atoms with E-state index >= 15 is 0 Å². The van der Waals surface area contributed by atoms with Crippen LogP contribution in [-0.4, -0.2) is 48.6 Å². The van der Waals surface area contributed by atoms with E-state index in [1.165, 1.54) is 7.11 Å². The molecule has 1 aromatic heterocycles. The van der Waals surface area contributed by atoms with Crippen molar-refractivity contribution in [1.82, 2.24) is 15.8 Å². The maximum Gasteiger partial charge on any atom is 0.290 e. The summed E-state index contributed by atoms with van der Waals surface area (Å²) in [6.45, 7) is 1.58. The molecule has 1 aliphatic carbocycles. The van der Waals surface area contributed by atoms with Crippen molar-refractivity contribution in [1.29, 1.82) is 0 Å². The van der Waals surface area contributed by atoms with Crippen LogP contribution in [0, 0.1) is 5.92 Å². The highest BCUT2D eigenvalue weighted by Crippen LogP contribution is 2.28. The second-order valence-electron chi connectivity index (χ2n) is 6.84. The molecule has 0 aliphatic heterocycles. The van der Waals surface area contributed by atoms with Crippen LogP contribution in [0.25, 0.3) is 11.3 Å². The molecule has 1 saturated carbocycles. The Hall–Kier alpha value is -3.00. The fourth-order valence-electron chi connectivity index (χ4n) is 2.93. The van der Waals surface area contributed by atoms with Gasteiger partial charge in [-0.15, -0.1) is 0 Å². The molecule has 148 valence electrons. The van der Waals surface area contributed by atoms with Gasteiger partial charge in [0.1, 0.15) is 11.8 Å². The molecule has 0 saturated heterocycles. The average Bonchev–Trinajstić information content (AvgIpc) is 3.18. The van der Waals surface area contributed by atoms with Crippen molar-refractivity contribution in [3.05, 3.63) is 42.2 Å². The van der Waals surface area contributed by atoms with E-state index in [4.69, 9.17) is 9.26 Å². The van der Waals surface area contributed by atoms with Gasteiger partial charge in [-0.1, -0.05) is 35.5 Å². The molecule has 1 aliphatic rings. The topological polar surface area (TPSA) is 111 Å². The lowest BCUT2D eigenvalue weighted by Crippen LogP contribution is -2.50. The zero-order chi connectivity index (χ0) is 20.1. The molecule has 0 bridgehead atoms. The van der Waals surface area contributed by atoms with E-state index in [1.54, 1.807) is 13.0 Å². The van der Waals surface area contributed by atoms with Gasteiger partial charge < -0.3 is 19.9 Å². The van der Waals surface area contributed by atoms with Crippen molar-refractivity contribution >= 4 is 17.6 Å². The molecule has 3 rings (SSSR count). The maximum absolute atomic E-state index is 12.3. The molecule has 0 spiro atoms. The lowest BCUT2D eigenvalue weighted by molar-refractivity contribution is -0.133. The van der Waals surface area contributed by atoms with E-state index in [0.29, 0.717) is 18.5 Å². The summed E-state index contributed by atoms with van der Waals surface area (Å²) in [4.78, 5) is 36.0. The van der Waals surface area contributed by atoms with Crippen molar-refractivity contribution in [2.75, 3.05) is 13.7 Å². The monoisotopic (exact) mass is 385 g/mol. The van der Waals surface area contributed by atoms with Crippen LogP contribution in [0.1, 0.15) is 30.3 Å². The first-order valence-electron chi connectivity index (χ1n) is 9.14. The van der Waals surface area contributed by atoms with E-state index in [-0.39, 0.29) is 41.9 Å². The third-order valence-electron chi connectivity index (χ3n) is 4.89. The largest absolute Gasteiger partial charge is 0.374 e. The molecule has 2 amide bonds. The first-order chi connectivity index (χ1) is 13.5. The van der Waals surface area contributed by atoms with Gasteiger partial charge in [0, 0.05) is 30.7 Å². The molecule has 8 nitrogen and oxygen atoms in total. The molecule has 2 N–H and O–H groups in total. The number of benzene rings is 1. The van der Waals surface area contributed by atoms with Gasteiger partial charge in [0.25, 0.3) is 5.91 Å². The highest BCUT2D eigenvalue weighted by atomic mass is 16.5. The second kappa shape index (κ2) is 8.79. The Morgan fingerprint density at radius 3 is 2.64 bits per heavy atom. The van der Waals surface area contributed by atoms with Crippen LogP contribution in [0.5, 0.6) is 0 Å². The zero-order valence-corrected chi connectivity index (χ0v) is 15.8. The number of ketones is 1. The standard InChI is InChI=1S/C20H23N3O5/c1-12(27-2)17(24)11-21-19(25)14-8-15(9-14)22-20(26)18-10-16(23-28-18)13-6-4-3-5-7-13/h3-7,10,12,14-15H,8-9,11H2,1-2H3,(H,21,25)(H,22,26)/t12-,14?,15?/m1/s1. The van der Waals surface area contributed by atoms with Crippen molar-refractivity contribution in [2.45, 2.75) is 31.9 Å². The number of ether oxygens (including phenoxy) is 1. The van der Waals surface area contributed by atoms with Crippen LogP contribution in [0.3, 0.4) is 0 Å². The predicted octanol–water partition coefficient (Wildman–Crippen LogP) is 1.57. The van der Waals surface area contributed by atoms with Crippen LogP contribution in [-0.2, 0) is 14.3 Å². The summed E-state index contributed by atoms with van der Waals surface area (Å²) >= 11 is 0. The van der Waals surface area contributed by atoms with E-state index in [1.807, 2.05) is 30.3 Å². The molecule has 1 atom stereocenters. The van der Waals surface area contributed by atoms with Crippen molar-refractivity contribution in [3.8, 4) is 11.3 Å². The minimum atomic E-state index is -0.545. The van der Waals surface area contributed by atoms with Gasteiger partial charge in [-0.2, -0.15) is 0 Å². The van der Waals surface area contributed by atoms with Crippen LogP contribution < -0.4 is 10.6 Å². The minimum Gasteiger partial charge on any atom is -0.374 e. The summed E-state index contributed by atoms with van der Waals surface area (Å²) in [7, 11) is 1.45. The SMILES string of the molecule is CO[C@H](C)C(=O)CNC(=O)C1CC(NC(=O)c2cc(-c3ccccc3)no2)C1. The molecule has 28 heavy (non-hydrogen) atoms. The highest BCUT2D eigenvalue weighted by Gasteiger charge is 2.36. The van der Waals surface area contributed by atoms with Gasteiger partial charge in [-0.25, -0.2) is 0 Å². The molecule has 1 aromatic carbocycles. The van der Waals surface area contributed by atoms with Gasteiger partial charge in [-0.05, 0) is 19.8 Å². The number of hydrogen-bond donors (Lipinski definition) is 2. The number of amides is 2. The Balaban J connectivity index is 1.43. The normalized spacial score (nSPS) is 19.4. The predicted molar refractivity (Wildman–Crippen MR) is 100 cm³/mol. The Bertz CT molecular complexity index is 843. The van der Waals surface area contributed by atoms with Gasteiger partial charge in [-0.3, -0.25) is 14.4 Å². The molecule has 1 heterocycles. The molecule has 2 aromatic rings. The van der Waals surface area contributed by atoms with Gasteiger partial charge in [0.15, 0.2) is 5.78 Å². The fraction of sp³-hybridized carbons (Fsp3) is 0.400. The van der Waals surface area contributed by atoms with Crippen molar-refractivity contribution in [3.63, 3.8) is 0 Å². The number of hydrogen-bond acceptors (Lipinski definition) is 6. The van der Waals surface area contributed by atoms with E-state index in [2.05, 4.69) is 15.8 Å². The van der Waals surface area contributed by atoms with E-state index in [9.17, 15) is 14.4 Å². The summed E-state index contributed by atoms with van der Waals surface area (Å²) in [6.07, 6.45) is 0.493. The summed E-state index contributed by atoms with van der Waals surface area (Å²) in [5, 5.41) is 9.37. The number of nitrogens with zero attached hydrogens (tertiary/aromatic N) is 1. The smallest absolute Gasteiger partial charge is 0.290 e. The van der Waals surface area contributed by atoms with Crippen LogP contribution in [0.4, 0.5) is 0 Å². The first kappa shape index (κ1) is 19.8. The van der Waals surface area contributed by atoms with E-state index < -0.39 is 6.10 Å². The Morgan fingerprint density at radius 1 is 1.25 bits per heavy atom. The minimum absolute atomic E-state index is 0.0539. The van der Waals surface area contributed by atoms with Crippen LogP contribution in [0.2, 0.25) is 0 Å². The Kier molecular flexibility index (Phi) is 6.20. The van der Waals surface area contributed by atoms with Crippen molar-refractivity contribution < 1.29 is 23.6 Å². The molecule has 1 fully saturated rings. The summed E-state index contributed by atoms with van der Waals surface area (Å²) in [5.74, 6) is -0.813. The highest BCUT2D eigenvalue weighted by molar-refractivity contribution is 5.93. The third-order valence-corrected chi connectivity index (χ3v) is 4.89. The molecule has 0 radical (unpaired) electrons. The molecule has 0 unspecified atom stereocenters. The molecule has 8 heteroatoms. The lowest BCUT2D eigenvalue weighted by Gasteiger charge is -2.34. The summed E-state index contributed by atoms with van der Waals surface area (Å²) < 4.78 is 10.0. The number of carbonyl (C=O) groups is 3. The Morgan fingerprint density at radius 2 is 1.96 bits per heavy atom. The Labute approximate surface area is 162 Å². The van der Waals surface area contributed by atoms with Crippen LogP contribution >= 0.6 is 0 Å². The maximum atomic E-state index is 12.3. The second-order valence-corrected chi connectivity index (χ2v) is 6.84. The first-order valence-corrected chi connectivity index (χ1v) is 9.14. The average molecular weight is 385 g/mol. The number of nitrogens with one attached hydrogen (secondary N) is 2. The molecular formula is C20H23N3O5. The fourth-order valence-corrected chi connectivity index (χ4v) is 2.93. The van der Waals surface area contributed by atoms with Gasteiger partial charge in [0.2, 0.25) is 11.7 Å². The zero-order valence-electron chi connectivity index (χ0n) is 15.8. The van der Waals surface area contributed by atoms with Crippen LogP contribution in [0.15, 0.2) is 40.9 Å². The third kappa shape index (κ3) is 4.64. The summed E-state index contributed by atoms with van der Waals surface area (Å²) in [5.41, 5.74) is 1.45. The number of carbonyl (C=O) groups excluding carboxylic acids is 3. The number of methoxy groups -OCH3 is 1. The lowest BCUT2D eigenvalue weighted by atomic mass is 9.79. The number of Topliss-reactive ketones (excluding diaryl/α,β-unsaturated/α-hetero) is 1.